The molecule has 0 amide bonds. The molecule has 2 aliphatic rings. The molecule has 1 aromatic carbocycles. The topological polar surface area (TPSA) is 15.3 Å². The fourth-order valence-electron chi connectivity index (χ4n) is 3.97. The Hall–Kier alpha value is -0.860. The molecule has 0 radical (unpaired) electrons. The molecule has 2 nitrogen and oxygen atoms in total. The first-order valence-electron chi connectivity index (χ1n) is 8.31. The van der Waals surface area contributed by atoms with Crippen LogP contribution in [0.2, 0.25) is 0 Å². The van der Waals surface area contributed by atoms with E-state index >= 15 is 0 Å². The summed E-state index contributed by atoms with van der Waals surface area (Å²) < 4.78 is 0. The zero-order valence-corrected chi connectivity index (χ0v) is 12.9. The van der Waals surface area contributed by atoms with Crippen LogP contribution in [-0.4, -0.2) is 36.6 Å². The van der Waals surface area contributed by atoms with Crippen LogP contribution in [0.5, 0.6) is 0 Å². The lowest BCUT2D eigenvalue weighted by Gasteiger charge is -2.36. The number of likely N-dealkylation sites (tertiary alicyclic amines) is 1. The zero-order chi connectivity index (χ0) is 13.9. The Bertz CT molecular complexity index is 418. The molecule has 0 bridgehead atoms. The second-order valence-electron chi connectivity index (χ2n) is 6.62. The SMILES string of the molecule is CCN1CCCC(C(C)NC2Cc3ccccc3C2)C1. The first kappa shape index (κ1) is 14.1. The van der Waals surface area contributed by atoms with Crippen molar-refractivity contribution in [1.29, 1.82) is 0 Å². The molecule has 2 unspecified atom stereocenters. The monoisotopic (exact) mass is 272 g/mol. The van der Waals surface area contributed by atoms with Crippen molar-refractivity contribution in [3.8, 4) is 0 Å². The number of fused-ring (bicyclic) bond motifs is 1. The lowest BCUT2D eigenvalue weighted by molar-refractivity contribution is 0.153. The Balaban J connectivity index is 1.54. The van der Waals surface area contributed by atoms with E-state index in [4.69, 9.17) is 0 Å². The van der Waals surface area contributed by atoms with E-state index in [0.717, 1.165) is 5.92 Å². The van der Waals surface area contributed by atoms with E-state index in [-0.39, 0.29) is 0 Å². The van der Waals surface area contributed by atoms with Crippen molar-refractivity contribution in [1.82, 2.24) is 10.2 Å². The average molecular weight is 272 g/mol. The van der Waals surface area contributed by atoms with Crippen LogP contribution in [0.25, 0.3) is 0 Å². The number of nitrogens with zero attached hydrogens (tertiary/aromatic N) is 1. The minimum absolute atomic E-state index is 0.642. The lowest BCUT2D eigenvalue weighted by atomic mass is 9.91. The number of nitrogens with one attached hydrogen (secondary N) is 1. The molecule has 1 saturated heterocycles. The van der Waals surface area contributed by atoms with Gasteiger partial charge in [-0.3, -0.25) is 0 Å². The quantitative estimate of drug-likeness (QED) is 0.906. The minimum Gasteiger partial charge on any atom is -0.311 e. The van der Waals surface area contributed by atoms with E-state index in [0.29, 0.717) is 12.1 Å². The third-order valence-corrected chi connectivity index (χ3v) is 5.25. The highest BCUT2D eigenvalue weighted by Crippen LogP contribution is 2.24. The molecule has 3 rings (SSSR count). The summed E-state index contributed by atoms with van der Waals surface area (Å²) in [4.78, 5) is 2.61. The number of rotatable bonds is 4. The van der Waals surface area contributed by atoms with Gasteiger partial charge in [0.1, 0.15) is 0 Å². The Labute approximate surface area is 123 Å². The Morgan fingerprint density at radius 1 is 1.25 bits per heavy atom. The van der Waals surface area contributed by atoms with Gasteiger partial charge >= 0.3 is 0 Å². The van der Waals surface area contributed by atoms with E-state index in [2.05, 4.69) is 48.3 Å². The molecule has 0 aromatic heterocycles. The van der Waals surface area contributed by atoms with Crippen LogP contribution in [0.3, 0.4) is 0 Å². The molecular formula is C18H28N2. The highest BCUT2D eigenvalue weighted by molar-refractivity contribution is 5.33. The third kappa shape index (κ3) is 3.07. The molecular weight excluding hydrogens is 244 g/mol. The van der Waals surface area contributed by atoms with Gasteiger partial charge in [-0.05, 0) is 62.7 Å². The molecule has 2 atom stereocenters. The maximum absolute atomic E-state index is 3.91. The summed E-state index contributed by atoms with van der Waals surface area (Å²) in [6, 6.07) is 10.2. The third-order valence-electron chi connectivity index (χ3n) is 5.25. The summed E-state index contributed by atoms with van der Waals surface area (Å²) in [7, 11) is 0. The molecule has 0 spiro atoms. The summed E-state index contributed by atoms with van der Waals surface area (Å²) >= 11 is 0. The molecule has 1 aliphatic heterocycles. The van der Waals surface area contributed by atoms with Gasteiger partial charge in [0.15, 0.2) is 0 Å². The maximum Gasteiger partial charge on any atom is 0.0151 e. The van der Waals surface area contributed by atoms with Crippen molar-refractivity contribution in [3.05, 3.63) is 35.4 Å². The second-order valence-corrected chi connectivity index (χ2v) is 6.62. The van der Waals surface area contributed by atoms with Gasteiger partial charge in [0.25, 0.3) is 0 Å². The largest absolute Gasteiger partial charge is 0.311 e. The highest BCUT2D eigenvalue weighted by atomic mass is 15.1. The summed E-state index contributed by atoms with van der Waals surface area (Å²) in [6.45, 7) is 8.47. The molecule has 110 valence electrons. The van der Waals surface area contributed by atoms with Gasteiger partial charge in [-0.1, -0.05) is 31.2 Å². The smallest absolute Gasteiger partial charge is 0.0151 e. The van der Waals surface area contributed by atoms with Crippen molar-refractivity contribution in [2.45, 2.75) is 51.6 Å². The Morgan fingerprint density at radius 3 is 2.60 bits per heavy atom. The van der Waals surface area contributed by atoms with Gasteiger partial charge < -0.3 is 10.2 Å². The zero-order valence-electron chi connectivity index (χ0n) is 12.9. The standard InChI is InChI=1S/C18H28N2/c1-3-20-10-6-9-17(13-20)14(2)19-18-11-15-7-4-5-8-16(15)12-18/h4-5,7-8,14,17-19H,3,6,9-13H2,1-2H3. The van der Waals surface area contributed by atoms with Gasteiger partial charge in [-0.25, -0.2) is 0 Å². The van der Waals surface area contributed by atoms with Crippen LogP contribution in [0.4, 0.5) is 0 Å². The molecule has 1 heterocycles. The summed E-state index contributed by atoms with van der Waals surface area (Å²) in [6.07, 6.45) is 5.19. The van der Waals surface area contributed by atoms with Crippen LogP contribution in [0.1, 0.15) is 37.8 Å². The van der Waals surface area contributed by atoms with Crippen molar-refractivity contribution in [2.24, 2.45) is 5.92 Å². The van der Waals surface area contributed by atoms with E-state index in [9.17, 15) is 0 Å². The molecule has 1 fully saturated rings. The van der Waals surface area contributed by atoms with Crippen LogP contribution < -0.4 is 5.32 Å². The molecule has 1 aromatic rings. The van der Waals surface area contributed by atoms with Crippen molar-refractivity contribution in [3.63, 3.8) is 0 Å². The molecule has 20 heavy (non-hydrogen) atoms. The normalized spacial score (nSPS) is 25.6. The first-order valence-corrected chi connectivity index (χ1v) is 8.31. The van der Waals surface area contributed by atoms with Gasteiger partial charge in [0.05, 0.1) is 0 Å². The predicted molar refractivity (Wildman–Crippen MR) is 85.1 cm³/mol. The highest BCUT2D eigenvalue weighted by Gasteiger charge is 2.27. The van der Waals surface area contributed by atoms with E-state index in [1.54, 1.807) is 11.1 Å². The van der Waals surface area contributed by atoms with Crippen LogP contribution in [-0.2, 0) is 12.8 Å². The van der Waals surface area contributed by atoms with Crippen LogP contribution in [0.15, 0.2) is 24.3 Å². The average Bonchev–Trinajstić information content (AvgIpc) is 2.89. The maximum atomic E-state index is 3.91. The van der Waals surface area contributed by atoms with E-state index < -0.39 is 0 Å². The molecule has 1 aliphatic carbocycles. The Morgan fingerprint density at radius 2 is 1.95 bits per heavy atom. The first-order chi connectivity index (χ1) is 9.76. The number of piperidine rings is 1. The number of hydrogen-bond donors (Lipinski definition) is 1. The minimum atomic E-state index is 0.642. The summed E-state index contributed by atoms with van der Waals surface area (Å²) in [5, 5.41) is 3.91. The molecule has 1 N–H and O–H groups in total. The van der Waals surface area contributed by atoms with Gasteiger partial charge in [0, 0.05) is 18.6 Å². The number of benzene rings is 1. The summed E-state index contributed by atoms with van der Waals surface area (Å²) in [5.74, 6) is 0.826. The van der Waals surface area contributed by atoms with Crippen molar-refractivity contribution < 1.29 is 0 Å². The van der Waals surface area contributed by atoms with Gasteiger partial charge in [0.2, 0.25) is 0 Å². The fourth-order valence-corrected chi connectivity index (χ4v) is 3.97. The van der Waals surface area contributed by atoms with Crippen LogP contribution >= 0.6 is 0 Å². The van der Waals surface area contributed by atoms with Crippen LogP contribution in [0, 0.1) is 5.92 Å². The Kier molecular flexibility index (Phi) is 4.42. The van der Waals surface area contributed by atoms with E-state index in [1.165, 1.54) is 45.3 Å². The lowest BCUT2D eigenvalue weighted by Crippen LogP contribution is -2.47. The fraction of sp³-hybridized carbons (Fsp3) is 0.667. The number of hydrogen-bond acceptors (Lipinski definition) is 2. The molecule has 0 saturated carbocycles. The van der Waals surface area contributed by atoms with E-state index in [1.807, 2.05) is 0 Å². The predicted octanol–water partition coefficient (Wildman–Crippen LogP) is 2.86. The second kappa shape index (κ2) is 6.28. The molecule has 2 heteroatoms. The van der Waals surface area contributed by atoms with Gasteiger partial charge in [-0.15, -0.1) is 0 Å². The van der Waals surface area contributed by atoms with Crippen molar-refractivity contribution in [2.75, 3.05) is 19.6 Å². The van der Waals surface area contributed by atoms with Crippen molar-refractivity contribution >= 4 is 0 Å². The summed E-state index contributed by atoms with van der Waals surface area (Å²) in [5.41, 5.74) is 3.10. The van der Waals surface area contributed by atoms with Gasteiger partial charge in [-0.2, -0.15) is 0 Å².